The number of ether oxygens (including phenoxy) is 2. The van der Waals surface area contributed by atoms with E-state index in [0.717, 1.165) is 34.3 Å². The zero-order valence-electron chi connectivity index (χ0n) is 7.93. The molecule has 0 heterocycles. The van der Waals surface area contributed by atoms with Crippen molar-refractivity contribution in [1.82, 2.24) is 0 Å². The van der Waals surface area contributed by atoms with E-state index in [9.17, 15) is 0 Å². The van der Waals surface area contributed by atoms with Crippen molar-refractivity contribution < 1.29 is 9.47 Å². The van der Waals surface area contributed by atoms with E-state index in [-0.39, 0.29) is 0 Å². The molecule has 0 saturated carbocycles. The normalized spacial score (nSPS) is 9.93. The maximum absolute atomic E-state index is 5.51. The summed E-state index contributed by atoms with van der Waals surface area (Å²) in [4.78, 5) is 0. The molecular weight excluding hydrogens is 312 g/mol. The molecule has 0 radical (unpaired) electrons. The summed E-state index contributed by atoms with van der Waals surface area (Å²) in [6.07, 6.45) is 0.998. The number of halogens is 2. The fourth-order valence-electron chi connectivity index (χ4n) is 0.974. The highest BCUT2D eigenvalue weighted by Gasteiger charge is 2.01. The van der Waals surface area contributed by atoms with E-state index in [4.69, 9.17) is 9.47 Å². The van der Waals surface area contributed by atoms with E-state index in [1.165, 1.54) is 0 Å². The number of methoxy groups -OCH3 is 1. The lowest BCUT2D eigenvalue weighted by Gasteiger charge is -2.08. The molecule has 14 heavy (non-hydrogen) atoms. The average Bonchev–Trinajstić information content (AvgIpc) is 2.21. The molecule has 0 atom stereocenters. The van der Waals surface area contributed by atoms with E-state index in [2.05, 4.69) is 31.9 Å². The summed E-state index contributed by atoms with van der Waals surface area (Å²) in [6.45, 7) is 0.718. The molecule has 0 bridgehead atoms. The number of hydrogen-bond acceptors (Lipinski definition) is 2. The monoisotopic (exact) mass is 322 g/mol. The smallest absolute Gasteiger partial charge is 0.136 e. The molecule has 78 valence electrons. The maximum Gasteiger partial charge on any atom is 0.136 e. The van der Waals surface area contributed by atoms with Crippen LogP contribution in [-0.2, 0) is 0 Å². The lowest BCUT2D eigenvalue weighted by molar-refractivity contribution is 0.316. The first kappa shape index (κ1) is 11.9. The van der Waals surface area contributed by atoms with E-state index < -0.39 is 0 Å². The molecule has 0 aliphatic heterocycles. The standard InChI is InChI=1S/C10H12Br2O2/c1-13-10-7-8(3-4-9(10)12)14-6-2-5-11/h3-4,7H,2,5-6H2,1H3. The van der Waals surface area contributed by atoms with Crippen LogP contribution in [-0.4, -0.2) is 19.0 Å². The van der Waals surface area contributed by atoms with Gasteiger partial charge in [0.2, 0.25) is 0 Å². The van der Waals surface area contributed by atoms with Crippen LogP contribution in [0.25, 0.3) is 0 Å². The quantitative estimate of drug-likeness (QED) is 0.608. The van der Waals surface area contributed by atoms with Crippen molar-refractivity contribution in [2.75, 3.05) is 19.0 Å². The molecule has 0 aliphatic carbocycles. The summed E-state index contributed by atoms with van der Waals surface area (Å²) in [6, 6.07) is 5.71. The average molecular weight is 324 g/mol. The number of benzene rings is 1. The number of hydrogen-bond donors (Lipinski definition) is 0. The Hall–Kier alpha value is -0.220. The zero-order chi connectivity index (χ0) is 10.4. The molecule has 0 unspecified atom stereocenters. The maximum atomic E-state index is 5.51. The van der Waals surface area contributed by atoms with Crippen LogP contribution in [0.2, 0.25) is 0 Å². The highest BCUT2D eigenvalue weighted by atomic mass is 79.9. The second kappa shape index (κ2) is 6.30. The van der Waals surface area contributed by atoms with Gasteiger partial charge in [0, 0.05) is 11.4 Å². The molecular formula is C10H12Br2O2. The molecule has 0 aromatic heterocycles. The van der Waals surface area contributed by atoms with Crippen molar-refractivity contribution >= 4 is 31.9 Å². The molecule has 0 saturated heterocycles. The minimum absolute atomic E-state index is 0.718. The van der Waals surface area contributed by atoms with Crippen molar-refractivity contribution in [1.29, 1.82) is 0 Å². The van der Waals surface area contributed by atoms with Crippen LogP contribution in [0.5, 0.6) is 11.5 Å². The van der Waals surface area contributed by atoms with Gasteiger partial charge in [0.1, 0.15) is 11.5 Å². The van der Waals surface area contributed by atoms with Crippen molar-refractivity contribution in [2.24, 2.45) is 0 Å². The zero-order valence-corrected chi connectivity index (χ0v) is 11.1. The summed E-state index contributed by atoms with van der Waals surface area (Å²) >= 11 is 6.73. The van der Waals surface area contributed by atoms with Gasteiger partial charge >= 0.3 is 0 Å². The predicted octanol–water partition coefficient (Wildman–Crippen LogP) is 3.62. The third kappa shape index (κ3) is 3.50. The minimum atomic E-state index is 0.718. The first-order chi connectivity index (χ1) is 6.77. The summed E-state index contributed by atoms with van der Waals surface area (Å²) in [5.41, 5.74) is 0. The van der Waals surface area contributed by atoms with Crippen molar-refractivity contribution in [2.45, 2.75) is 6.42 Å². The number of rotatable bonds is 5. The van der Waals surface area contributed by atoms with Crippen LogP contribution in [0.4, 0.5) is 0 Å². The Labute approximate surface area is 101 Å². The van der Waals surface area contributed by atoms with Crippen molar-refractivity contribution in [3.05, 3.63) is 22.7 Å². The van der Waals surface area contributed by atoms with Gasteiger partial charge in [0.15, 0.2) is 0 Å². The third-order valence-electron chi connectivity index (χ3n) is 1.67. The highest BCUT2D eigenvalue weighted by molar-refractivity contribution is 9.10. The Morgan fingerprint density at radius 2 is 2.14 bits per heavy atom. The van der Waals surface area contributed by atoms with Gasteiger partial charge in [-0.2, -0.15) is 0 Å². The second-order valence-corrected chi connectivity index (χ2v) is 4.33. The van der Waals surface area contributed by atoms with Crippen LogP contribution in [0.1, 0.15) is 6.42 Å². The van der Waals surface area contributed by atoms with Gasteiger partial charge in [-0.3, -0.25) is 0 Å². The fraction of sp³-hybridized carbons (Fsp3) is 0.400. The van der Waals surface area contributed by atoms with Crippen molar-refractivity contribution in [3.8, 4) is 11.5 Å². The van der Waals surface area contributed by atoms with E-state index in [1.54, 1.807) is 7.11 Å². The first-order valence-corrected chi connectivity index (χ1v) is 6.21. The van der Waals surface area contributed by atoms with Crippen LogP contribution >= 0.6 is 31.9 Å². The van der Waals surface area contributed by atoms with E-state index in [0.29, 0.717) is 0 Å². The molecule has 1 aromatic rings. The summed E-state index contributed by atoms with van der Waals surface area (Å²) in [5.74, 6) is 1.63. The van der Waals surface area contributed by atoms with Gasteiger partial charge < -0.3 is 9.47 Å². The van der Waals surface area contributed by atoms with Crippen LogP contribution in [0.3, 0.4) is 0 Å². The van der Waals surface area contributed by atoms with Gasteiger partial charge in [-0.25, -0.2) is 0 Å². The minimum Gasteiger partial charge on any atom is -0.495 e. The summed E-state index contributed by atoms with van der Waals surface area (Å²) in [5, 5.41) is 0.959. The second-order valence-electron chi connectivity index (χ2n) is 2.69. The van der Waals surface area contributed by atoms with Gasteiger partial charge in [-0.1, -0.05) is 15.9 Å². The molecule has 0 spiro atoms. The Kier molecular flexibility index (Phi) is 5.33. The van der Waals surface area contributed by atoms with Gasteiger partial charge in [-0.15, -0.1) is 0 Å². The van der Waals surface area contributed by atoms with Crippen molar-refractivity contribution in [3.63, 3.8) is 0 Å². The van der Waals surface area contributed by atoms with Gasteiger partial charge in [0.25, 0.3) is 0 Å². The molecule has 2 nitrogen and oxygen atoms in total. The summed E-state index contributed by atoms with van der Waals surface area (Å²) in [7, 11) is 1.64. The van der Waals surface area contributed by atoms with E-state index in [1.807, 2.05) is 18.2 Å². The molecule has 0 aliphatic rings. The largest absolute Gasteiger partial charge is 0.495 e. The van der Waals surface area contributed by atoms with Gasteiger partial charge in [-0.05, 0) is 34.5 Å². The molecule has 0 fully saturated rings. The van der Waals surface area contributed by atoms with Crippen LogP contribution in [0.15, 0.2) is 22.7 Å². The Bertz CT molecular complexity index is 289. The predicted molar refractivity (Wildman–Crippen MR) is 64.6 cm³/mol. The Morgan fingerprint density at radius 1 is 1.36 bits per heavy atom. The summed E-state index contributed by atoms with van der Waals surface area (Å²) < 4.78 is 11.6. The van der Waals surface area contributed by atoms with Gasteiger partial charge in [0.05, 0.1) is 18.2 Å². The topological polar surface area (TPSA) is 18.5 Å². The van der Waals surface area contributed by atoms with E-state index >= 15 is 0 Å². The lowest BCUT2D eigenvalue weighted by atomic mass is 10.3. The van der Waals surface area contributed by atoms with Crippen LogP contribution < -0.4 is 9.47 Å². The Balaban J connectivity index is 2.60. The molecule has 0 N–H and O–H groups in total. The molecule has 1 aromatic carbocycles. The lowest BCUT2D eigenvalue weighted by Crippen LogP contribution is -1.97. The molecule has 4 heteroatoms. The fourth-order valence-corrected chi connectivity index (χ4v) is 1.61. The first-order valence-electron chi connectivity index (χ1n) is 4.30. The number of alkyl halides is 1. The third-order valence-corrected chi connectivity index (χ3v) is 2.89. The van der Waals surface area contributed by atoms with Crippen LogP contribution in [0, 0.1) is 0 Å². The SMILES string of the molecule is COc1cc(OCCCBr)ccc1Br. The Morgan fingerprint density at radius 3 is 2.79 bits per heavy atom. The highest BCUT2D eigenvalue weighted by Crippen LogP contribution is 2.28. The molecule has 1 rings (SSSR count). The molecule has 0 amide bonds.